The third-order valence-electron chi connectivity index (χ3n) is 2.89. The maximum absolute atomic E-state index is 13.6. The van der Waals surface area contributed by atoms with Crippen LogP contribution < -0.4 is 15.2 Å². The molecule has 1 aromatic carbocycles. The Balaban J connectivity index is 2.88. The van der Waals surface area contributed by atoms with Crippen LogP contribution in [0.1, 0.15) is 6.92 Å². The minimum Gasteiger partial charge on any atom is -0.492 e. The molecule has 0 aliphatic rings. The van der Waals surface area contributed by atoms with Gasteiger partial charge >= 0.3 is 0 Å². The highest BCUT2D eigenvalue weighted by molar-refractivity contribution is 7.89. The summed E-state index contributed by atoms with van der Waals surface area (Å²) in [5.41, 5.74) is 5.51. The Kier molecular flexibility index (Phi) is 5.73. The van der Waals surface area contributed by atoms with Gasteiger partial charge in [-0.2, -0.15) is 0 Å². The molecule has 1 aromatic rings. The smallest absolute Gasteiger partial charge is 0.240 e. The van der Waals surface area contributed by atoms with E-state index in [1.807, 2.05) is 18.9 Å². The molecule has 8 heteroatoms. The molecule has 0 heterocycles. The van der Waals surface area contributed by atoms with Gasteiger partial charge in [0.25, 0.3) is 0 Å². The van der Waals surface area contributed by atoms with Crippen LogP contribution in [-0.2, 0) is 10.0 Å². The fourth-order valence-electron chi connectivity index (χ4n) is 1.57. The number of anilines is 1. The standard InChI is InChI=1S/C12H20FN3O3S/c1-4-16(2)6-5-15-20(17,18)9-7-10(13)12(19-3)11(14)8-9/h7-8,15H,4-6,14H2,1-3H3. The highest BCUT2D eigenvalue weighted by Crippen LogP contribution is 2.28. The second kappa shape index (κ2) is 6.87. The highest BCUT2D eigenvalue weighted by atomic mass is 32.2. The maximum Gasteiger partial charge on any atom is 0.240 e. The van der Waals surface area contributed by atoms with Crippen molar-refractivity contribution in [2.45, 2.75) is 11.8 Å². The van der Waals surface area contributed by atoms with Crippen LogP contribution in [0.3, 0.4) is 0 Å². The van der Waals surface area contributed by atoms with E-state index in [4.69, 9.17) is 10.5 Å². The number of nitrogens with two attached hydrogens (primary N) is 1. The molecule has 0 bridgehead atoms. The lowest BCUT2D eigenvalue weighted by atomic mass is 10.3. The van der Waals surface area contributed by atoms with E-state index in [2.05, 4.69) is 4.72 Å². The van der Waals surface area contributed by atoms with Gasteiger partial charge in [-0.1, -0.05) is 6.92 Å². The topological polar surface area (TPSA) is 84.7 Å². The van der Waals surface area contributed by atoms with Crippen molar-refractivity contribution in [1.29, 1.82) is 0 Å². The van der Waals surface area contributed by atoms with Gasteiger partial charge in [-0.3, -0.25) is 0 Å². The number of likely N-dealkylation sites (N-methyl/N-ethyl adjacent to an activating group) is 1. The van der Waals surface area contributed by atoms with Crippen LogP contribution in [0.5, 0.6) is 5.75 Å². The lowest BCUT2D eigenvalue weighted by molar-refractivity contribution is 0.358. The molecule has 1 rings (SSSR count). The van der Waals surface area contributed by atoms with Gasteiger partial charge in [0.05, 0.1) is 17.7 Å². The Hall–Kier alpha value is -1.38. The number of ether oxygens (including phenoxy) is 1. The highest BCUT2D eigenvalue weighted by Gasteiger charge is 2.18. The number of rotatable bonds is 7. The average Bonchev–Trinajstić information content (AvgIpc) is 2.37. The molecule has 0 spiro atoms. The molecule has 0 fully saturated rings. The molecular weight excluding hydrogens is 285 g/mol. The SMILES string of the molecule is CCN(C)CCNS(=O)(=O)c1cc(N)c(OC)c(F)c1. The summed E-state index contributed by atoms with van der Waals surface area (Å²) in [5.74, 6) is -0.965. The van der Waals surface area contributed by atoms with Gasteiger partial charge in [0, 0.05) is 13.1 Å². The monoisotopic (exact) mass is 305 g/mol. The molecular formula is C12H20FN3O3S. The molecule has 114 valence electrons. The van der Waals surface area contributed by atoms with Gasteiger partial charge in [0.15, 0.2) is 11.6 Å². The lowest BCUT2D eigenvalue weighted by Gasteiger charge is -2.14. The lowest BCUT2D eigenvalue weighted by Crippen LogP contribution is -2.33. The van der Waals surface area contributed by atoms with Gasteiger partial charge in [-0.05, 0) is 25.7 Å². The second-order valence-electron chi connectivity index (χ2n) is 4.32. The fourth-order valence-corrected chi connectivity index (χ4v) is 2.64. The van der Waals surface area contributed by atoms with E-state index in [9.17, 15) is 12.8 Å². The third kappa shape index (κ3) is 4.06. The van der Waals surface area contributed by atoms with E-state index in [0.717, 1.165) is 12.6 Å². The number of nitrogens with one attached hydrogen (secondary N) is 1. The zero-order valence-electron chi connectivity index (χ0n) is 11.8. The van der Waals surface area contributed by atoms with E-state index in [1.165, 1.54) is 13.2 Å². The Morgan fingerprint density at radius 1 is 1.45 bits per heavy atom. The zero-order chi connectivity index (χ0) is 15.3. The van der Waals surface area contributed by atoms with Gasteiger partial charge in [0.1, 0.15) is 0 Å². The second-order valence-corrected chi connectivity index (χ2v) is 6.09. The maximum atomic E-state index is 13.6. The van der Waals surface area contributed by atoms with Crippen LogP contribution in [0, 0.1) is 5.82 Å². The van der Waals surface area contributed by atoms with Crippen molar-refractivity contribution in [2.24, 2.45) is 0 Å². The number of nitrogens with zero attached hydrogens (tertiary/aromatic N) is 1. The quantitative estimate of drug-likeness (QED) is 0.722. The number of hydrogen-bond acceptors (Lipinski definition) is 5. The van der Waals surface area contributed by atoms with Crippen molar-refractivity contribution < 1.29 is 17.5 Å². The number of nitrogen functional groups attached to an aromatic ring is 1. The normalized spacial score (nSPS) is 11.8. The van der Waals surface area contributed by atoms with Crippen molar-refractivity contribution in [1.82, 2.24) is 9.62 Å². The molecule has 0 aliphatic carbocycles. The van der Waals surface area contributed by atoms with E-state index in [-0.39, 0.29) is 22.9 Å². The molecule has 0 amide bonds. The Bertz CT molecular complexity index is 540. The summed E-state index contributed by atoms with van der Waals surface area (Å²) in [6.07, 6.45) is 0. The number of methoxy groups -OCH3 is 1. The van der Waals surface area contributed by atoms with Gasteiger partial charge < -0.3 is 15.4 Å². The first-order valence-corrected chi connectivity index (χ1v) is 7.61. The van der Waals surface area contributed by atoms with Crippen LogP contribution >= 0.6 is 0 Å². The summed E-state index contributed by atoms with van der Waals surface area (Å²) in [5, 5.41) is 0. The van der Waals surface area contributed by atoms with Gasteiger partial charge in [-0.25, -0.2) is 17.5 Å². The average molecular weight is 305 g/mol. The van der Waals surface area contributed by atoms with Crippen LogP contribution in [0.2, 0.25) is 0 Å². The summed E-state index contributed by atoms with van der Waals surface area (Å²) >= 11 is 0. The zero-order valence-corrected chi connectivity index (χ0v) is 12.6. The molecule has 0 aliphatic heterocycles. The molecule has 0 aromatic heterocycles. The van der Waals surface area contributed by atoms with E-state index >= 15 is 0 Å². The van der Waals surface area contributed by atoms with Crippen molar-refractivity contribution in [2.75, 3.05) is 39.5 Å². The minimum absolute atomic E-state index is 0.0569. The first kappa shape index (κ1) is 16.7. The van der Waals surface area contributed by atoms with E-state index in [0.29, 0.717) is 6.54 Å². The first-order valence-electron chi connectivity index (χ1n) is 6.13. The predicted molar refractivity (Wildman–Crippen MR) is 75.7 cm³/mol. The molecule has 0 radical (unpaired) electrons. The van der Waals surface area contributed by atoms with Crippen LogP contribution in [-0.4, -0.2) is 47.1 Å². The Labute approximate surface area is 118 Å². The van der Waals surface area contributed by atoms with E-state index in [1.54, 1.807) is 0 Å². The molecule has 3 N–H and O–H groups in total. The fraction of sp³-hybridized carbons (Fsp3) is 0.500. The Morgan fingerprint density at radius 2 is 2.10 bits per heavy atom. The third-order valence-corrected chi connectivity index (χ3v) is 4.33. The molecule has 20 heavy (non-hydrogen) atoms. The van der Waals surface area contributed by atoms with Crippen molar-refractivity contribution in [3.05, 3.63) is 17.9 Å². The van der Waals surface area contributed by atoms with Crippen LogP contribution in [0.4, 0.5) is 10.1 Å². The molecule has 0 saturated carbocycles. The Morgan fingerprint density at radius 3 is 2.60 bits per heavy atom. The summed E-state index contributed by atoms with van der Waals surface area (Å²) in [6, 6.07) is 2.06. The van der Waals surface area contributed by atoms with Crippen molar-refractivity contribution >= 4 is 15.7 Å². The van der Waals surface area contributed by atoms with Crippen LogP contribution in [0.25, 0.3) is 0 Å². The number of hydrogen-bond donors (Lipinski definition) is 2. The number of sulfonamides is 1. The molecule has 0 saturated heterocycles. The molecule has 0 atom stereocenters. The predicted octanol–water partition coefficient (Wildman–Crippen LogP) is 0.647. The van der Waals surface area contributed by atoms with Crippen molar-refractivity contribution in [3.63, 3.8) is 0 Å². The summed E-state index contributed by atoms with van der Waals surface area (Å²) < 4.78 is 44.8. The largest absolute Gasteiger partial charge is 0.492 e. The number of benzene rings is 1. The molecule has 0 unspecified atom stereocenters. The van der Waals surface area contributed by atoms with Crippen molar-refractivity contribution in [3.8, 4) is 5.75 Å². The first-order chi connectivity index (χ1) is 9.31. The summed E-state index contributed by atoms with van der Waals surface area (Å²) in [6.45, 7) is 3.57. The minimum atomic E-state index is -3.79. The van der Waals surface area contributed by atoms with Crippen LogP contribution in [0.15, 0.2) is 17.0 Å². The molecule has 6 nitrogen and oxygen atoms in total. The van der Waals surface area contributed by atoms with Gasteiger partial charge in [-0.15, -0.1) is 0 Å². The van der Waals surface area contributed by atoms with Gasteiger partial charge in [0.2, 0.25) is 10.0 Å². The summed E-state index contributed by atoms with van der Waals surface area (Å²) in [4.78, 5) is 1.73. The van der Waals surface area contributed by atoms with E-state index < -0.39 is 15.8 Å². The number of halogens is 1. The summed E-state index contributed by atoms with van der Waals surface area (Å²) in [7, 11) is -0.646.